The second-order valence-corrected chi connectivity index (χ2v) is 9.59. The van der Waals surface area contributed by atoms with Crippen molar-refractivity contribution in [1.82, 2.24) is 20.2 Å². The predicted molar refractivity (Wildman–Crippen MR) is 103 cm³/mol. The van der Waals surface area contributed by atoms with E-state index in [1.807, 2.05) is 4.90 Å². The highest BCUT2D eigenvalue weighted by molar-refractivity contribution is 4.93. The number of aromatic nitrogens is 4. The van der Waals surface area contributed by atoms with Gasteiger partial charge in [0.05, 0.1) is 11.6 Å². The molecule has 1 aromatic heterocycles. The lowest BCUT2D eigenvalue weighted by atomic mass is 9.98. The number of nitrogens with one attached hydrogen (secondary N) is 2. The minimum atomic E-state index is -0.0234. The molecule has 2 aliphatic rings. The number of hydrogen-bond acceptors (Lipinski definition) is 3. The van der Waals surface area contributed by atoms with Crippen LogP contribution in [-0.4, -0.2) is 52.4 Å². The summed E-state index contributed by atoms with van der Waals surface area (Å²) in [6, 6.07) is 1.35. The van der Waals surface area contributed by atoms with Gasteiger partial charge in [0.25, 0.3) is 0 Å². The summed E-state index contributed by atoms with van der Waals surface area (Å²) in [4.78, 5) is 3.56. The van der Waals surface area contributed by atoms with Crippen LogP contribution in [0.25, 0.3) is 0 Å². The molecule has 148 valence electrons. The minimum absolute atomic E-state index is 0.0234. The highest BCUT2D eigenvalue weighted by Crippen LogP contribution is 2.24. The van der Waals surface area contributed by atoms with E-state index in [1.165, 1.54) is 51.9 Å². The van der Waals surface area contributed by atoms with Gasteiger partial charge in [0, 0.05) is 6.42 Å². The number of quaternary nitrogens is 2. The first-order chi connectivity index (χ1) is 12.4. The van der Waals surface area contributed by atoms with Crippen LogP contribution in [0.4, 0.5) is 0 Å². The zero-order valence-electron chi connectivity index (χ0n) is 17.6. The summed E-state index contributed by atoms with van der Waals surface area (Å²) < 4.78 is 2.11. The van der Waals surface area contributed by atoms with Crippen LogP contribution in [0.15, 0.2) is 0 Å². The molecule has 0 unspecified atom stereocenters. The quantitative estimate of drug-likeness (QED) is 0.746. The fourth-order valence-electron chi connectivity index (χ4n) is 4.90. The van der Waals surface area contributed by atoms with Crippen molar-refractivity contribution in [3.8, 4) is 0 Å². The topological polar surface area (TPSA) is 52.5 Å². The molecule has 0 spiro atoms. The van der Waals surface area contributed by atoms with Gasteiger partial charge < -0.3 is 9.80 Å². The molecule has 1 saturated heterocycles. The Morgan fingerprint density at radius 3 is 2.35 bits per heavy atom. The third-order valence-electron chi connectivity index (χ3n) is 6.91. The highest BCUT2D eigenvalue weighted by atomic mass is 15.6. The van der Waals surface area contributed by atoms with Crippen molar-refractivity contribution >= 4 is 0 Å². The van der Waals surface area contributed by atoms with E-state index in [9.17, 15) is 0 Å². The molecule has 6 nitrogen and oxygen atoms in total. The molecular weight excluding hydrogens is 324 g/mol. The molecule has 0 radical (unpaired) electrons. The second kappa shape index (κ2) is 8.34. The zero-order valence-corrected chi connectivity index (χ0v) is 17.6. The Labute approximate surface area is 159 Å². The van der Waals surface area contributed by atoms with E-state index in [0.29, 0.717) is 12.0 Å². The standard InChI is InChI=1S/C20H38N6/c1-6-20(4,5)26-19(21-22-23-26)18(15-16(2)3)25-13-11-24(12-14-25)17-9-7-8-10-17/h16-18H,6-15H2,1-5H3/p+2/t18-/m0/s1. The third-order valence-corrected chi connectivity index (χ3v) is 6.91. The Bertz CT molecular complexity index is 552. The molecule has 1 aliphatic heterocycles. The molecule has 26 heavy (non-hydrogen) atoms. The van der Waals surface area contributed by atoms with Crippen LogP contribution in [-0.2, 0) is 5.54 Å². The molecule has 0 aromatic carbocycles. The van der Waals surface area contributed by atoms with Crippen LogP contribution < -0.4 is 9.80 Å². The third kappa shape index (κ3) is 4.28. The van der Waals surface area contributed by atoms with Crippen molar-refractivity contribution in [3.63, 3.8) is 0 Å². The first kappa shape index (κ1) is 19.7. The smallest absolute Gasteiger partial charge is 0.209 e. The van der Waals surface area contributed by atoms with Gasteiger partial charge in [-0.3, -0.25) is 0 Å². The number of hydrogen-bond donors (Lipinski definition) is 2. The monoisotopic (exact) mass is 364 g/mol. The van der Waals surface area contributed by atoms with Crippen molar-refractivity contribution in [3.05, 3.63) is 5.82 Å². The summed E-state index contributed by atoms with van der Waals surface area (Å²) in [6.07, 6.45) is 7.98. The van der Waals surface area contributed by atoms with Crippen LogP contribution in [0.3, 0.4) is 0 Å². The maximum atomic E-state index is 4.53. The van der Waals surface area contributed by atoms with Gasteiger partial charge in [0.2, 0.25) is 5.82 Å². The van der Waals surface area contributed by atoms with Crippen molar-refractivity contribution in [2.24, 2.45) is 5.92 Å². The summed E-state index contributed by atoms with van der Waals surface area (Å²) >= 11 is 0. The van der Waals surface area contributed by atoms with Gasteiger partial charge in [-0.15, -0.1) is 5.10 Å². The number of nitrogens with zero attached hydrogens (tertiary/aromatic N) is 4. The van der Waals surface area contributed by atoms with Crippen LogP contribution >= 0.6 is 0 Å². The minimum Gasteiger partial charge on any atom is -0.323 e. The SMILES string of the molecule is CCC(C)(C)n1nnnc1[C@H](CC(C)C)[NH+]1CC[NH+](C2CCCC2)CC1. The summed E-state index contributed by atoms with van der Waals surface area (Å²) in [6.45, 7) is 16.5. The predicted octanol–water partition coefficient (Wildman–Crippen LogP) is 0.631. The highest BCUT2D eigenvalue weighted by Gasteiger charge is 2.38. The molecule has 0 amide bonds. The average Bonchev–Trinajstić information content (AvgIpc) is 3.31. The maximum Gasteiger partial charge on any atom is 0.209 e. The van der Waals surface area contributed by atoms with Crippen molar-refractivity contribution in [1.29, 1.82) is 0 Å². The van der Waals surface area contributed by atoms with E-state index in [1.54, 1.807) is 4.90 Å². The molecule has 1 aromatic rings. The Balaban J connectivity index is 1.74. The molecule has 2 fully saturated rings. The fraction of sp³-hybridized carbons (Fsp3) is 0.950. The summed E-state index contributed by atoms with van der Waals surface area (Å²) in [7, 11) is 0. The Kier molecular flexibility index (Phi) is 6.33. The molecule has 1 aliphatic carbocycles. The van der Waals surface area contributed by atoms with Crippen LogP contribution in [0.1, 0.15) is 85.0 Å². The van der Waals surface area contributed by atoms with E-state index in [4.69, 9.17) is 0 Å². The average molecular weight is 365 g/mol. The van der Waals surface area contributed by atoms with Crippen LogP contribution in [0.5, 0.6) is 0 Å². The maximum absolute atomic E-state index is 4.53. The normalized spacial score (nSPS) is 26.5. The van der Waals surface area contributed by atoms with E-state index in [0.717, 1.165) is 24.7 Å². The molecule has 2 heterocycles. The molecule has 2 N–H and O–H groups in total. The van der Waals surface area contributed by atoms with E-state index >= 15 is 0 Å². The zero-order chi connectivity index (χ0) is 18.7. The van der Waals surface area contributed by atoms with Crippen molar-refractivity contribution in [2.75, 3.05) is 26.2 Å². The summed E-state index contributed by atoms with van der Waals surface area (Å²) in [5.74, 6) is 1.76. The molecule has 0 bridgehead atoms. The Hall–Kier alpha value is -1.01. The fourth-order valence-corrected chi connectivity index (χ4v) is 4.90. The number of rotatable bonds is 7. The number of piperazine rings is 1. The van der Waals surface area contributed by atoms with Gasteiger partial charge >= 0.3 is 0 Å². The van der Waals surface area contributed by atoms with E-state index < -0.39 is 0 Å². The molecular formula is C20H40N6+2. The van der Waals surface area contributed by atoms with Gasteiger partial charge in [-0.05, 0) is 62.3 Å². The molecule has 6 heteroatoms. The van der Waals surface area contributed by atoms with Gasteiger partial charge in [0.15, 0.2) is 6.04 Å². The van der Waals surface area contributed by atoms with Crippen LogP contribution in [0, 0.1) is 5.92 Å². The van der Waals surface area contributed by atoms with Gasteiger partial charge in [-0.25, -0.2) is 4.68 Å². The number of tetrazole rings is 1. The lowest BCUT2D eigenvalue weighted by Crippen LogP contribution is -3.29. The Morgan fingerprint density at radius 2 is 1.77 bits per heavy atom. The molecule has 1 atom stereocenters. The van der Waals surface area contributed by atoms with Gasteiger partial charge in [-0.1, -0.05) is 20.8 Å². The Morgan fingerprint density at radius 1 is 1.12 bits per heavy atom. The van der Waals surface area contributed by atoms with Crippen LogP contribution in [0.2, 0.25) is 0 Å². The first-order valence-corrected chi connectivity index (χ1v) is 10.9. The molecule has 3 rings (SSSR count). The largest absolute Gasteiger partial charge is 0.323 e. The van der Waals surface area contributed by atoms with Gasteiger partial charge in [0.1, 0.15) is 26.2 Å². The summed E-state index contributed by atoms with van der Waals surface area (Å²) in [5.41, 5.74) is -0.0234. The van der Waals surface area contributed by atoms with Crippen molar-refractivity contribution < 1.29 is 9.80 Å². The van der Waals surface area contributed by atoms with E-state index in [-0.39, 0.29) is 5.54 Å². The lowest BCUT2D eigenvalue weighted by molar-refractivity contribution is -1.04. The van der Waals surface area contributed by atoms with E-state index in [2.05, 4.69) is 54.8 Å². The van der Waals surface area contributed by atoms with Crippen molar-refractivity contribution in [2.45, 2.75) is 90.8 Å². The summed E-state index contributed by atoms with van der Waals surface area (Å²) in [5, 5.41) is 13.0. The lowest BCUT2D eigenvalue weighted by Gasteiger charge is -2.37. The molecule has 1 saturated carbocycles. The van der Waals surface area contributed by atoms with Gasteiger partial charge in [-0.2, -0.15) is 0 Å². The second-order valence-electron chi connectivity index (χ2n) is 9.59. The first-order valence-electron chi connectivity index (χ1n) is 10.9.